The summed E-state index contributed by atoms with van der Waals surface area (Å²) < 4.78 is 17.7. The van der Waals surface area contributed by atoms with Crippen molar-refractivity contribution >= 4 is 16.7 Å². The van der Waals surface area contributed by atoms with E-state index in [9.17, 15) is 4.79 Å². The van der Waals surface area contributed by atoms with Crippen LogP contribution in [0.2, 0.25) is 0 Å². The molecule has 0 bridgehead atoms. The summed E-state index contributed by atoms with van der Waals surface area (Å²) >= 11 is 0. The van der Waals surface area contributed by atoms with Crippen LogP contribution in [0, 0.1) is 6.92 Å². The first-order valence-electron chi connectivity index (χ1n) is 11.4. The van der Waals surface area contributed by atoms with Gasteiger partial charge in [0.1, 0.15) is 17.1 Å². The van der Waals surface area contributed by atoms with Crippen molar-refractivity contribution in [2.24, 2.45) is 0 Å². The Morgan fingerprint density at radius 3 is 2.70 bits per heavy atom. The third-order valence-electron chi connectivity index (χ3n) is 6.05. The minimum atomic E-state index is -0.360. The molecule has 168 valence electrons. The average Bonchev–Trinajstić information content (AvgIpc) is 2.85. The Morgan fingerprint density at radius 2 is 1.88 bits per heavy atom. The second-order valence-corrected chi connectivity index (χ2v) is 8.38. The first-order valence-corrected chi connectivity index (χ1v) is 11.4. The number of aryl methyl sites for hydroxylation is 1. The molecule has 0 N–H and O–H groups in total. The van der Waals surface area contributed by atoms with Gasteiger partial charge in [-0.25, -0.2) is 4.79 Å². The van der Waals surface area contributed by atoms with Crippen LogP contribution in [0.4, 0.5) is 5.69 Å². The molecule has 1 aliphatic heterocycles. The van der Waals surface area contributed by atoms with Gasteiger partial charge >= 0.3 is 5.63 Å². The number of rotatable bonds is 6. The van der Waals surface area contributed by atoms with E-state index in [1.165, 1.54) is 0 Å². The molecular weight excluding hydrogens is 414 g/mol. The summed E-state index contributed by atoms with van der Waals surface area (Å²) in [5.74, 6) is 1.66. The molecule has 0 saturated heterocycles. The molecular formula is C28H27NO4. The van der Waals surface area contributed by atoms with Gasteiger partial charge < -0.3 is 18.8 Å². The van der Waals surface area contributed by atoms with Gasteiger partial charge in [-0.15, -0.1) is 0 Å². The highest BCUT2D eigenvalue weighted by Gasteiger charge is 2.24. The van der Waals surface area contributed by atoms with Crippen molar-refractivity contribution in [3.05, 3.63) is 88.3 Å². The van der Waals surface area contributed by atoms with E-state index in [2.05, 4.69) is 30.0 Å². The predicted molar refractivity (Wildman–Crippen MR) is 131 cm³/mol. The monoisotopic (exact) mass is 441 g/mol. The van der Waals surface area contributed by atoms with Crippen LogP contribution in [0.3, 0.4) is 0 Å². The van der Waals surface area contributed by atoms with Crippen LogP contribution in [0.15, 0.2) is 75.9 Å². The van der Waals surface area contributed by atoms with Crippen molar-refractivity contribution in [1.29, 1.82) is 0 Å². The second-order valence-electron chi connectivity index (χ2n) is 8.38. The van der Waals surface area contributed by atoms with E-state index in [1.807, 2.05) is 49.4 Å². The smallest absolute Gasteiger partial charge is 0.336 e. The molecule has 0 aliphatic carbocycles. The molecule has 0 atom stereocenters. The number of anilines is 1. The van der Waals surface area contributed by atoms with E-state index in [-0.39, 0.29) is 5.63 Å². The van der Waals surface area contributed by atoms with Crippen LogP contribution < -0.4 is 20.0 Å². The van der Waals surface area contributed by atoms with Crippen molar-refractivity contribution in [1.82, 2.24) is 0 Å². The lowest BCUT2D eigenvalue weighted by Crippen LogP contribution is -2.32. The fourth-order valence-electron chi connectivity index (χ4n) is 4.35. The lowest BCUT2D eigenvalue weighted by atomic mass is 9.97. The van der Waals surface area contributed by atoms with Gasteiger partial charge in [0.2, 0.25) is 0 Å². The molecule has 2 heterocycles. The SMILES string of the molecule is CCCCOc1cccc(N2COc3c(cc4c(-c5ccccc5)cc(=O)oc4c3C)C2)c1. The molecule has 33 heavy (non-hydrogen) atoms. The molecule has 0 saturated carbocycles. The van der Waals surface area contributed by atoms with Crippen LogP contribution in [0.5, 0.6) is 11.5 Å². The van der Waals surface area contributed by atoms with Gasteiger partial charge in [-0.05, 0) is 42.7 Å². The Kier molecular flexibility index (Phi) is 5.78. The van der Waals surface area contributed by atoms with Gasteiger partial charge in [0, 0.05) is 40.9 Å². The first kappa shape index (κ1) is 21.1. The van der Waals surface area contributed by atoms with Crippen LogP contribution in [0.1, 0.15) is 30.9 Å². The number of hydrogen-bond donors (Lipinski definition) is 0. The molecule has 5 heteroatoms. The molecule has 0 radical (unpaired) electrons. The summed E-state index contributed by atoms with van der Waals surface area (Å²) in [6, 6.07) is 21.7. The third kappa shape index (κ3) is 4.19. The molecule has 3 aromatic carbocycles. The molecule has 1 aromatic heterocycles. The molecule has 0 unspecified atom stereocenters. The number of benzene rings is 3. The van der Waals surface area contributed by atoms with Gasteiger partial charge in [0.15, 0.2) is 6.73 Å². The summed E-state index contributed by atoms with van der Waals surface area (Å²) in [6.45, 7) is 5.94. The van der Waals surface area contributed by atoms with Crippen molar-refractivity contribution in [3.8, 4) is 22.6 Å². The van der Waals surface area contributed by atoms with E-state index < -0.39 is 0 Å². The quantitative estimate of drug-likeness (QED) is 0.259. The van der Waals surface area contributed by atoms with Crippen LogP contribution in [-0.4, -0.2) is 13.3 Å². The Hall–Kier alpha value is -3.73. The molecule has 0 fully saturated rings. The van der Waals surface area contributed by atoms with E-state index in [1.54, 1.807) is 6.07 Å². The summed E-state index contributed by atoms with van der Waals surface area (Å²) in [5.41, 5.74) is 5.05. The van der Waals surface area contributed by atoms with Crippen molar-refractivity contribution in [3.63, 3.8) is 0 Å². The van der Waals surface area contributed by atoms with Gasteiger partial charge in [-0.2, -0.15) is 0 Å². The maximum atomic E-state index is 12.3. The Morgan fingerprint density at radius 1 is 1.03 bits per heavy atom. The van der Waals surface area contributed by atoms with Crippen LogP contribution in [0.25, 0.3) is 22.1 Å². The highest BCUT2D eigenvalue weighted by molar-refractivity contribution is 5.96. The van der Waals surface area contributed by atoms with E-state index in [0.29, 0.717) is 18.9 Å². The number of nitrogens with zero attached hydrogens (tertiary/aromatic N) is 1. The summed E-state index contributed by atoms with van der Waals surface area (Å²) in [7, 11) is 0. The number of hydrogen-bond acceptors (Lipinski definition) is 5. The lowest BCUT2D eigenvalue weighted by molar-refractivity contribution is 0.286. The molecule has 0 spiro atoms. The maximum absolute atomic E-state index is 12.3. The van der Waals surface area contributed by atoms with Crippen LogP contribution in [-0.2, 0) is 6.54 Å². The topological polar surface area (TPSA) is 51.9 Å². The highest BCUT2D eigenvalue weighted by Crippen LogP contribution is 2.39. The summed E-state index contributed by atoms with van der Waals surface area (Å²) in [5, 5.41) is 0.916. The van der Waals surface area contributed by atoms with Crippen molar-refractivity contribution < 1.29 is 13.9 Å². The van der Waals surface area contributed by atoms with E-state index in [4.69, 9.17) is 13.9 Å². The van der Waals surface area contributed by atoms with Crippen LogP contribution >= 0.6 is 0 Å². The maximum Gasteiger partial charge on any atom is 0.336 e. The molecule has 4 aromatic rings. The average molecular weight is 442 g/mol. The minimum absolute atomic E-state index is 0.360. The van der Waals surface area contributed by atoms with Gasteiger partial charge in [0.25, 0.3) is 0 Å². The fraction of sp³-hybridized carbons (Fsp3) is 0.250. The minimum Gasteiger partial charge on any atom is -0.494 e. The fourth-order valence-corrected chi connectivity index (χ4v) is 4.35. The van der Waals surface area contributed by atoms with Gasteiger partial charge in [0.05, 0.1) is 6.61 Å². The van der Waals surface area contributed by atoms with Gasteiger partial charge in [-0.3, -0.25) is 0 Å². The zero-order valence-electron chi connectivity index (χ0n) is 19.0. The highest BCUT2D eigenvalue weighted by atomic mass is 16.5. The number of ether oxygens (including phenoxy) is 2. The molecule has 0 amide bonds. The third-order valence-corrected chi connectivity index (χ3v) is 6.05. The summed E-state index contributed by atoms with van der Waals surface area (Å²) in [4.78, 5) is 14.5. The summed E-state index contributed by atoms with van der Waals surface area (Å²) in [6.07, 6.45) is 2.14. The standard InChI is InChI=1S/C28H27NO4/c1-3-4-13-31-23-12-8-11-22(15-23)29-17-21-14-25-24(20-9-6-5-7-10-20)16-26(30)33-28(25)19(2)27(21)32-18-29/h5-12,14-16H,3-4,13,17-18H2,1-2H3. The lowest BCUT2D eigenvalue weighted by Gasteiger charge is -2.32. The van der Waals surface area contributed by atoms with Crippen molar-refractivity contribution in [2.75, 3.05) is 18.2 Å². The zero-order valence-corrected chi connectivity index (χ0v) is 19.0. The predicted octanol–water partition coefficient (Wildman–Crippen LogP) is 6.30. The Balaban J connectivity index is 1.53. The van der Waals surface area contributed by atoms with E-state index >= 15 is 0 Å². The zero-order chi connectivity index (χ0) is 22.8. The Bertz CT molecular complexity index is 1340. The van der Waals surface area contributed by atoms with E-state index in [0.717, 1.165) is 64.3 Å². The van der Waals surface area contributed by atoms with Gasteiger partial charge in [-0.1, -0.05) is 49.7 Å². The molecule has 1 aliphatic rings. The number of unbranched alkanes of at least 4 members (excludes halogenated alkanes) is 1. The van der Waals surface area contributed by atoms with Crippen molar-refractivity contribution in [2.45, 2.75) is 33.2 Å². The largest absolute Gasteiger partial charge is 0.494 e. The molecule has 5 nitrogen and oxygen atoms in total. The molecule has 5 rings (SSSR count). The normalized spacial score (nSPS) is 13.0. The number of fused-ring (bicyclic) bond motifs is 2. The first-order chi connectivity index (χ1) is 16.1. The Labute approximate surface area is 193 Å². The second kappa shape index (κ2) is 9.02.